The van der Waals surface area contributed by atoms with Crippen molar-refractivity contribution >= 4 is 67.3 Å². The van der Waals surface area contributed by atoms with E-state index in [-0.39, 0.29) is 24.4 Å². The summed E-state index contributed by atoms with van der Waals surface area (Å²) >= 11 is 3.32. The molecule has 184 valence electrons. The summed E-state index contributed by atoms with van der Waals surface area (Å²) < 4.78 is 2.44. The van der Waals surface area contributed by atoms with Crippen molar-refractivity contribution in [2.24, 2.45) is 5.92 Å². The molecule has 4 aromatic heterocycles. The first-order valence-electron chi connectivity index (χ1n) is 11.6. The van der Waals surface area contributed by atoms with E-state index in [0.717, 1.165) is 17.8 Å². The van der Waals surface area contributed by atoms with Gasteiger partial charge >= 0.3 is 0 Å². The number of fused-ring (bicyclic) bond motifs is 4. The summed E-state index contributed by atoms with van der Waals surface area (Å²) in [5, 5.41) is 3.48. The van der Waals surface area contributed by atoms with Crippen molar-refractivity contribution in [3.8, 4) is 0 Å². The molecule has 12 heteroatoms. The van der Waals surface area contributed by atoms with E-state index in [9.17, 15) is 9.59 Å². The minimum Gasteiger partial charge on any atom is -0.383 e. The summed E-state index contributed by atoms with van der Waals surface area (Å²) in [4.78, 5) is 48.1. The Kier molecular flexibility index (Phi) is 5.29. The fourth-order valence-electron chi connectivity index (χ4n) is 5.14. The van der Waals surface area contributed by atoms with Gasteiger partial charge < -0.3 is 25.4 Å². The molecule has 1 aliphatic carbocycles. The molecule has 36 heavy (non-hydrogen) atoms. The normalized spacial score (nSPS) is 20.5. The third-order valence-electron chi connectivity index (χ3n) is 6.91. The molecule has 4 aromatic rings. The van der Waals surface area contributed by atoms with Gasteiger partial charge in [-0.3, -0.25) is 9.59 Å². The predicted molar refractivity (Wildman–Crippen MR) is 139 cm³/mol. The van der Waals surface area contributed by atoms with E-state index < -0.39 is 6.04 Å². The van der Waals surface area contributed by atoms with Crippen LogP contribution in [0.2, 0.25) is 0 Å². The molecule has 0 bridgehead atoms. The van der Waals surface area contributed by atoms with Gasteiger partial charge in [0.05, 0.1) is 10.9 Å². The summed E-state index contributed by atoms with van der Waals surface area (Å²) in [6.45, 7) is 0.0155. The van der Waals surface area contributed by atoms with Crippen molar-refractivity contribution in [1.82, 2.24) is 29.4 Å². The van der Waals surface area contributed by atoms with Gasteiger partial charge in [0.1, 0.15) is 52.1 Å². The van der Waals surface area contributed by atoms with Crippen LogP contribution in [0.3, 0.4) is 0 Å². The highest BCUT2D eigenvalue weighted by atomic mass is 79.9. The van der Waals surface area contributed by atoms with Gasteiger partial charge in [-0.2, -0.15) is 0 Å². The topological polar surface area (TPSA) is 135 Å². The van der Waals surface area contributed by atoms with Crippen molar-refractivity contribution in [3.63, 3.8) is 0 Å². The Bertz CT molecular complexity index is 1540. The third-order valence-corrected chi connectivity index (χ3v) is 7.35. The van der Waals surface area contributed by atoms with Crippen molar-refractivity contribution in [3.05, 3.63) is 41.3 Å². The molecule has 1 unspecified atom stereocenters. The minimum absolute atomic E-state index is 0.0155. The number of amides is 2. The molecule has 1 aliphatic heterocycles. The Morgan fingerprint density at radius 1 is 1.17 bits per heavy atom. The number of nitrogens with two attached hydrogens (primary N) is 1. The number of likely N-dealkylation sites (tertiary alicyclic amines) is 1. The lowest BCUT2D eigenvalue weighted by molar-refractivity contribution is -0.138. The van der Waals surface area contributed by atoms with Gasteiger partial charge in [0, 0.05) is 20.1 Å². The second-order valence-electron chi connectivity index (χ2n) is 9.43. The summed E-state index contributed by atoms with van der Waals surface area (Å²) in [7, 11) is 3.82. The zero-order chi connectivity index (χ0) is 25.1. The summed E-state index contributed by atoms with van der Waals surface area (Å²) in [5.74, 6) is 1.48. The zero-order valence-corrected chi connectivity index (χ0v) is 21.3. The average molecular weight is 550 g/mol. The molecule has 2 aliphatic rings. The van der Waals surface area contributed by atoms with Gasteiger partial charge in [0.25, 0.3) is 0 Å². The van der Waals surface area contributed by atoms with Crippen molar-refractivity contribution in [2.75, 3.05) is 30.0 Å². The summed E-state index contributed by atoms with van der Waals surface area (Å²) in [5.41, 5.74) is 8.13. The molecular weight excluding hydrogens is 526 g/mol. The summed E-state index contributed by atoms with van der Waals surface area (Å²) in [6.07, 6.45) is 2.95. The van der Waals surface area contributed by atoms with Gasteiger partial charge in [-0.25, -0.2) is 19.9 Å². The van der Waals surface area contributed by atoms with E-state index in [2.05, 4.69) is 36.2 Å². The zero-order valence-electron chi connectivity index (χ0n) is 19.7. The van der Waals surface area contributed by atoms with E-state index in [1.807, 2.05) is 35.7 Å². The van der Waals surface area contributed by atoms with Crippen molar-refractivity contribution in [1.29, 1.82) is 0 Å². The number of piperidine rings is 1. The number of halogens is 1. The van der Waals surface area contributed by atoms with Crippen LogP contribution in [0, 0.1) is 5.92 Å². The molecule has 5 heterocycles. The SMILES string of the molecule is CN(C)c1ccc2c(n1)c1c(N)ncnc1n2CC(=O)N1C2C[C@@H]2C[C@H]1C(=O)Nc1cccc(Br)n1. The van der Waals surface area contributed by atoms with Crippen LogP contribution < -0.4 is 16.0 Å². The first-order valence-corrected chi connectivity index (χ1v) is 12.4. The predicted octanol–water partition coefficient (Wildman–Crippen LogP) is 2.41. The van der Waals surface area contributed by atoms with Gasteiger partial charge in [0.2, 0.25) is 11.8 Å². The molecule has 6 rings (SSSR count). The largest absolute Gasteiger partial charge is 0.383 e. The van der Waals surface area contributed by atoms with E-state index in [0.29, 0.717) is 45.1 Å². The summed E-state index contributed by atoms with van der Waals surface area (Å²) in [6, 6.07) is 8.64. The maximum atomic E-state index is 13.7. The minimum atomic E-state index is -0.548. The van der Waals surface area contributed by atoms with Crippen LogP contribution in [0.25, 0.3) is 22.1 Å². The number of carbonyl (C=O) groups is 2. The van der Waals surface area contributed by atoms with Crippen LogP contribution in [0.4, 0.5) is 17.5 Å². The van der Waals surface area contributed by atoms with E-state index >= 15 is 0 Å². The first kappa shape index (κ1) is 22.7. The number of aromatic nitrogens is 5. The van der Waals surface area contributed by atoms with Gasteiger partial charge in [-0.05, 0) is 59.0 Å². The van der Waals surface area contributed by atoms with Crippen molar-refractivity contribution < 1.29 is 9.59 Å². The molecule has 3 atom stereocenters. The molecular formula is C24H24BrN9O2. The van der Waals surface area contributed by atoms with E-state index in [4.69, 9.17) is 10.7 Å². The number of anilines is 3. The standard InChI is InChI=1S/C24H24BrN9O2/c1-32(2)18-7-6-13-21(31-18)20-22(26)27-11-28-23(20)33(13)10-19(35)34-14-8-12(14)9-15(34)24(36)30-17-5-3-4-16(25)29-17/h3-7,11-12,14-15H,8-10H2,1-2H3,(H2,26,27,28)(H,29,30,36)/t12-,14?,15+/m1/s1. The maximum absolute atomic E-state index is 13.7. The number of rotatable bonds is 5. The first-order chi connectivity index (χ1) is 17.3. The second kappa shape index (κ2) is 8.40. The van der Waals surface area contributed by atoms with Crippen LogP contribution in [0.1, 0.15) is 12.8 Å². The fraction of sp³-hybridized carbons (Fsp3) is 0.333. The molecule has 0 radical (unpaired) electrons. The lowest BCUT2D eigenvalue weighted by Gasteiger charge is -2.27. The third kappa shape index (κ3) is 3.72. The Balaban J connectivity index is 1.33. The van der Waals surface area contributed by atoms with Crippen LogP contribution in [0.5, 0.6) is 0 Å². The molecule has 0 aromatic carbocycles. The number of nitrogens with zero attached hydrogens (tertiary/aromatic N) is 7. The lowest BCUT2D eigenvalue weighted by Crippen LogP contribution is -2.46. The second-order valence-corrected chi connectivity index (χ2v) is 10.2. The fourth-order valence-corrected chi connectivity index (χ4v) is 5.48. The maximum Gasteiger partial charge on any atom is 0.248 e. The molecule has 0 spiro atoms. The molecule has 3 N–H and O–H groups in total. The number of hydrogen-bond acceptors (Lipinski definition) is 8. The Hall–Kier alpha value is -3.80. The molecule has 2 fully saturated rings. The monoisotopic (exact) mass is 549 g/mol. The molecule has 1 saturated heterocycles. The van der Waals surface area contributed by atoms with Crippen LogP contribution in [-0.2, 0) is 16.1 Å². The molecule has 11 nitrogen and oxygen atoms in total. The average Bonchev–Trinajstić information content (AvgIpc) is 3.39. The van der Waals surface area contributed by atoms with E-state index in [1.54, 1.807) is 23.1 Å². The Morgan fingerprint density at radius 3 is 2.78 bits per heavy atom. The highest BCUT2D eigenvalue weighted by Gasteiger charge is 2.56. The van der Waals surface area contributed by atoms with Crippen molar-refractivity contribution in [2.45, 2.75) is 31.5 Å². The molecule has 2 amide bonds. The highest BCUT2D eigenvalue weighted by molar-refractivity contribution is 9.10. The Labute approximate surface area is 214 Å². The van der Waals surface area contributed by atoms with E-state index in [1.165, 1.54) is 6.33 Å². The Morgan fingerprint density at radius 2 is 2.00 bits per heavy atom. The van der Waals surface area contributed by atoms with Gasteiger partial charge in [-0.15, -0.1) is 0 Å². The number of nitrogen functional groups attached to an aromatic ring is 1. The van der Waals surface area contributed by atoms with Crippen LogP contribution >= 0.6 is 15.9 Å². The number of carbonyl (C=O) groups excluding carboxylic acids is 2. The number of pyridine rings is 2. The highest BCUT2D eigenvalue weighted by Crippen LogP contribution is 2.48. The number of nitrogens with one attached hydrogen (secondary N) is 1. The van der Waals surface area contributed by atoms with Gasteiger partial charge in [-0.1, -0.05) is 6.07 Å². The quantitative estimate of drug-likeness (QED) is 0.362. The van der Waals surface area contributed by atoms with Crippen LogP contribution in [0.15, 0.2) is 41.3 Å². The van der Waals surface area contributed by atoms with Crippen LogP contribution in [-0.4, -0.2) is 67.4 Å². The lowest BCUT2D eigenvalue weighted by atomic mass is 10.1. The number of hydrogen-bond donors (Lipinski definition) is 2. The molecule has 1 saturated carbocycles. The smallest absolute Gasteiger partial charge is 0.248 e. The van der Waals surface area contributed by atoms with Gasteiger partial charge in [0.15, 0.2) is 0 Å².